The molecule has 0 aliphatic heterocycles. The Labute approximate surface area is 164 Å². The molecule has 0 saturated carbocycles. The van der Waals surface area contributed by atoms with Gasteiger partial charge in [0.1, 0.15) is 5.75 Å². The van der Waals surface area contributed by atoms with Crippen molar-refractivity contribution in [1.29, 1.82) is 0 Å². The number of anilines is 1. The van der Waals surface area contributed by atoms with Crippen molar-refractivity contribution in [3.63, 3.8) is 0 Å². The van der Waals surface area contributed by atoms with Crippen molar-refractivity contribution in [3.8, 4) is 16.3 Å². The second kappa shape index (κ2) is 7.22. The van der Waals surface area contributed by atoms with Gasteiger partial charge in [-0.15, -0.1) is 10.2 Å². The molecule has 0 aliphatic rings. The van der Waals surface area contributed by atoms with E-state index in [0.29, 0.717) is 26.3 Å². The first-order chi connectivity index (χ1) is 11.4. The number of phenolic OH excluding ortho intramolecular Hbond substituents is 1. The maximum atomic E-state index is 12.2. The third-order valence-corrected chi connectivity index (χ3v) is 5.11. The summed E-state index contributed by atoms with van der Waals surface area (Å²) in [7, 11) is 0. The molecule has 0 aliphatic carbocycles. The summed E-state index contributed by atoms with van der Waals surface area (Å²) in [4.78, 5) is 12.2. The van der Waals surface area contributed by atoms with Gasteiger partial charge in [-0.25, -0.2) is 0 Å². The fourth-order valence-corrected chi connectivity index (χ4v) is 3.49. The van der Waals surface area contributed by atoms with Crippen LogP contribution in [0.3, 0.4) is 0 Å². The molecule has 1 heterocycles. The second-order valence-electron chi connectivity index (χ2n) is 4.66. The van der Waals surface area contributed by atoms with E-state index in [-0.39, 0.29) is 16.7 Å². The fraction of sp³-hybridized carbons (Fsp3) is 0. The molecule has 5 nitrogen and oxygen atoms in total. The minimum atomic E-state index is -0.289. The lowest BCUT2D eigenvalue weighted by atomic mass is 10.2. The monoisotopic (exact) mass is 491 g/mol. The van der Waals surface area contributed by atoms with Crippen molar-refractivity contribution < 1.29 is 9.90 Å². The van der Waals surface area contributed by atoms with Crippen LogP contribution >= 0.6 is 57.1 Å². The average Bonchev–Trinajstić information content (AvgIpc) is 2.99. The van der Waals surface area contributed by atoms with Crippen LogP contribution < -0.4 is 5.32 Å². The molecule has 122 valence electrons. The van der Waals surface area contributed by atoms with Gasteiger partial charge in [-0.2, -0.15) is 0 Å². The number of carbonyl (C=O) groups is 1. The minimum absolute atomic E-state index is 0.122. The Bertz CT molecular complexity index is 916. The summed E-state index contributed by atoms with van der Waals surface area (Å²) in [6, 6.07) is 10.1. The van der Waals surface area contributed by atoms with Crippen LogP contribution in [-0.2, 0) is 0 Å². The number of carbonyl (C=O) groups excluding carboxylic acids is 1. The number of phenols is 1. The van der Waals surface area contributed by atoms with Crippen LogP contribution in [0, 0.1) is 3.57 Å². The Morgan fingerprint density at radius 3 is 2.58 bits per heavy atom. The maximum absolute atomic E-state index is 12.2. The first-order valence-electron chi connectivity index (χ1n) is 6.53. The molecule has 24 heavy (non-hydrogen) atoms. The lowest BCUT2D eigenvalue weighted by Crippen LogP contribution is -2.11. The zero-order valence-electron chi connectivity index (χ0n) is 11.8. The highest BCUT2D eigenvalue weighted by atomic mass is 127. The van der Waals surface area contributed by atoms with Crippen LogP contribution in [0.5, 0.6) is 5.75 Å². The molecule has 0 unspecified atom stereocenters. The molecule has 3 aromatic rings. The first kappa shape index (κ1) is 17.4. The molecule has 1 amide bonds. The zero-order valence-corrected chi connectivity index (χ0v) is 16.2. The van der Waals surface area contributed by atoms with Crippen LogP contribution in [0.25, 0.3) is 10.6 Å². The van der Waals surface area contributed by atoms with Gasteiger partial charge >= 0.3 is 0 Å². The molecule has 0 atom stereocenters. The molecular formula is C15H8Cl2IN3O2S. The van der Waals surface area contributed by atoms with Crippen molar-refractivity contribution in [1.82, 2.24) is 10.2 Å². The van der Waals surface area contributed by atoms with Crippen molar-refractivity contribution in [2.45, 2.75) is 0 Å². The molecule has 9 heteroatoms. The minimum Gasteiger partial charge on any atom is -0.506 e. The molecule has 3 rings (SSSR count). The fourth-order valence-electron chi connectivity index (χ4n) is 1.88. The Hall–Kier alpha value is -1.42. The van der Waals surface area contributed by atoms with Gasteiger partial charge in [0.05, 0.1) is 10.6 Å². The number of hydrogen-bond acceptors (Lipinski definition) is 5. The SMILES string of the molecule is O=C(Nc1nnc(-c2cc(Cl)cc(Cl)c2O)s1)c1ccc(I)cc1. The van der Waals surface area contributed by atoms with Gasteiger partial charge in [0.15, 0.2) is 5.01 Å². The van der Waals surface area contributed by atoms with Crippen molar-refractivity contribution in [2.75, 3.05) is 5.32 Å². The van der Waals surface area contributed by atoms with Crippen LogP contribution in [0.1, 0.15) is 10.4 Å². The number of nitrogens with one attached hydrogen (secondary N) is 1. The molecule has 0 bridgehead atoms. The first-order valence-corrected chi connectivity index (χ1v) is 9.18. The van der Waals surface area contributed by atoms with E-state index in [1.165, 1.54) is 12.1 Å². The number of aromatic hydroxyl groups is 1. The zero-order chi connectivity index (χ0) is 17.3. The molecule has 0 saturated heterocycles. The summed E-state index contributed by atoms with van der Waals surface area (Å²) >= 11 is 15.1. The van der Waals surface area contributed by atoms with Gasteiger partial charge in [0, 0.05) is 14.2 Å². The largest absolute Gasteiger partial charge is 0.506 e. The number of aromatic nitrogens is 2. The van der Waals surface area contributed by atoms with Crippen LogP contribution in [0.15, 0.2) is 36.4 Å². The summed E-state index contributed by atoms with van der Waals surface area (Å²) in [6.07, 6.45) is 0. The van der Waals surface area contributed by atoms with Gasteiger partial charge in [0.2, 0.25) is 5.13 Å². The van der Waals surface area contributed by atoms with Crippen molar-refractivity contribution in [3.05, 3.63) is 55.6 Å². The molecule has 0 spiro atoms. The Morgan fingerprint density at radius 1 is 1.17 bits per heavy atom. The Morgan fingerprint density at radius 2 is 1.88 bits per heavy atom. The number of hydrogen-bond donors (Lipinski definition) is 2. The smallest absolute Gasteiger partial charge is 0.257 e. The summed E-state index contributed by atoms with van der Waals surface area (Å²) in [5.41, 5.74) is 0.876. The number of rotatable bonds is 3. The molecule has 2 N–H and O–H groups in total. The van der Waals surface area contributed by atoms with E-state index in [2.05, 4.69) is 38.1 Å². The van der Waals surface area contributed by atoms with Crippen molar-refractivity contribution in [2.24, 2.45) is 0 Å². The van der Waals surface area contributed by atoms with E-state index in [1.54, 1.807) is 12.1 Å². The topological polar surface area (TPSA) is 75.1 Å². The van der Waals surface area contributed by atoms with Gasteiger partial charge in [-0.1, -0.05) is 34.5 Å². The number of nitrogens with zero attached hydrogens (tertiary/aromatic N) is 2. The predicted octanol–water partition coefficient (Wildman–Crippen LogP) is 5.07. The molecular weight excluding hydrogens is 484 g/mol. The Kier molecular flexibility index (Phi) is 5.24. The predicted molar refractivity (Wildman–Crippen MR) is 104 cm³/mol. The van der Waals surface area contributed by atoms with E-state index in [9.17, 15) is 9.90 Å². The van der Waals surface area contributed by atoms with E-state index >= 15 is 0 Å². The van der Waals surface area contributed by atoms with Crippen LogP contribution in [-0.4, -0.2) is 21.2 Å². The average molecular weight is 492 g/mol. The summed E-state index contributed by atoms with van der Waals surface area (Å²) in [5, 5.41) is 21.8. The number of benzene rings is 2. The van der Waals surface area contributed by atoms with Gasteiger partial charge in [-0.3, -0.25) is 10.1 Å². The van der Waals surface area contributed by atoms with E-state index in [1.807, 2.05) is 12.1 Å². The van der Waals surface area contributed by atoms with Crippen LogP contribution in [0.4, 0.5) is 5.13 Å². The van der Waals surface area contributed by atoms with Gasteiger partial charge < -0.3 is 5.11 Å². The van der Waals surface area contributed by atoms with Gasteiger partial charge in [0.25, 0.3) is 5.91 Å². The molecule has 0 fully saturated rings. The summed E-state index contributed by atoms with van der Waals surface area (Å²) in [5.74, 6) is -0.421. The molecule has 2 aromatic carbocycles. The summed E-state index contributed by atoms with van der Waals surface area (Å²) in [6.45, 7) is 0. The van der Waals surface area contributed by atoms with E-state index in [4.69, 9.17) is 23.2 Å². The highest BCUT2D eigenvalue weighted by Gasteiger charge is 2.16. The van der Waals surface area contributed by atoms with E-state index < -0.39 is 0 Å². The highest BCUT2D eigenvalue weighted by molar-refractivity contribution is 14.1. The molecule has 1 aromatic heterocycles. The summed E-state index contributed by atoms with van der Waals surface area (Å²) < 4.78 is 1.04. The quantitative estimate of drug-likeness (QED) is 0.501. The lowest BCUT2D eigenvalue weighted by molar-refractivity contribution is 0.102. The van der Waals surface area contributed by atoms with Gasteiger partial charge in [-0.05, 0) is 59.0 Å². The van der Waals surface area contributed by atoms with Crippen LogP contribution in [0.2, 0.25) is 10.0 Å². The second-order valence-corrected chi connectivity index (χ2v) is 7.72. The third-order valence-electron chi connectivity index (χ3n) is 3.01. The molecule has 0 radical (unpaired) electrons. The Balaban J connectivity index is 1.84. The number of halogens is 3. The van der Waals surface area contributed by atoms with Crippen molar-refractivity contribution >= 4 is 68.2 Å². The normalized spacial score (nSPS) is 10.6. The highest BCUT2D eigenvalue weighted by Crippen LogP contribution is 2.39. The third kappa shape index (κ3) is 3.80. The standard InChI is InChI=1S/C15H8Cl2IN3O2S/c16-8-5-10(12(22)11(17)6-8)14-20-21-15(24-14)19-13(23)7-1-3-9(18)4-2-7/h1-6,22H,(H,19,21,23). The number of amides is 1. The van der Waals surface area contributed by atoms with E-state index in [0.717, 1.165) is 14.9 Å². The maximum Gasteiger partial charge on any atom is 0.257 e. The lowest BCUT2D eigenvalue weighted by Gasteiger charge is -2.03.